The SMILES string of the molecule is C[C@H](NC(=O)c1ccccc1Cl)C(=O)OCC(=O)Nc1ccc(C(F)(F)F)cc1[N+](=O)[O-]. The second-order valence-electron chi connectivity index (χ2n) is 6.32. The molecule has 2 aromatic carbocycles. The Kier molecular flexibility index (Phi) is 7.76. The number of carbonyl (C=O) groups excluding carboxylic acids is 3. The van der Waals surface area contributed by atoms with Crippen molar-refractivity contribution in [2.24, 2.45) is 0 Å². The average molecular weight is 474 g/mol. The fourth-order valence-corrected chi connectivity index (χ4v) is 2.61. The lowest BCUT2D eigenvalue weighted by Crippen LogP contribution is -2.40. The van der Waals surface area contributed by atoms with Gasteiger partial charge in [0.1, 0.15) is 11.7 Å². The van der Waals surface area contributed by atoms with Crippen LogP contribution in [-0.4, -0.2) is 35.4 Å². The molecule has 0 aliphatic heterocycles. The predicted octanol–water partition coefficient (Wildman–Crippen LogP) is 3.57. The summed E-state index contributed by atoms with van der Waals surface area (Å²) in [6.45, 7) is 0.388. The van der Waals surface area contributed by atoms with Gasteiger partial charge in [-0.3, -0.25) is 19.7 Å². The molecule has 170 valence electrons. The van der Waals surface area contributed by atoms with Crippen LogP contribution in [0.15, 0.2) is 42.5 Å². The van der Waals surface area contributed by atoms with Crippen molar-refractivity contribution in [2.75, 3.05) is 11.9 Å². The molecule has 2 N–H and O–H groups in total. The van der Waals surface area contributed by atoms with Crippen LogP contribution in [0.1, 0.15) is 22.8 Å². The van der Waals surface area contributed by atoms with Gasteiger partial charge in [-0.15, -0.1) is 0 Å². The maximum Gasteiger partial charge on any atom is 0.416 e. The van der Waals surface area contributed by atoms with E-state index in [0.717, 1.165) is 0 Å². The third-order valence-corrected chi connectivity index (χ3v) is 4.29. The minimum absolute atomic E-state index is 0.112. The standard InChI is InChI=1S/C19H15ClF3N3O6/c1-10(24-17(28)12-4-2-3-5-13(12)20)18(29)32-9-16(27)25-14-7-6-11(19(21,22)23)8-15(14)26(30)31/h2-8,10H,9H2,1H3,(H,24,28)(H,25,27)/t10-/m0/s1. The van der Waals surface area contributed by atoms with Crippen LogP contribution in [0.5, 0.6) is 0 Å². The molecule has 9 nitrogen and oxygen atoms in total. The van der Waals surface area contributed by atoms with Gasteiger partial charge in [-0.1, -0.05) is 23.7 Å². The Bertz CT molecular complexity index is 1060. The van der Waals surface area contributed by atoms with E-state index in [9.17, 15) is 37.7 Å². The Labute approximate surface area is 183 Å². The van der Waals surface area contributed by atoms with Gasteiger partial charge in [-0.2, -0.15) is 13.2 Å². The smallest absolute Gasteiger partial charge is 0.416 e. The summed E-state index contributed by atoms with van der Waals surface area (Å²) >= 11 is 5.89. The van der Waals surface area contributed by atoms with E-state index < -0.39 is 58.5 Å². The van der Waals surface area contributed by atoms with E-state index in [4.69, 9.17) is 16.3 Å². The van der Waals surface area contributed by atoms with Crippen LogP contribution < -0.4 is 10.6 Å². The zero-order chi connectivity index (χ0) is 24.1. The number of nitrogens with zero attached hydrogens (tertiary/aromatic N) is 1. The van der Waals surface area contributed by atoms with Crippen LogP contribution in [0.4, 0.5) is 24.5 Å². The van der Waals surface area contributed by atoms with Crippen molar-refractivity contribution in [1.29, 1.82) is 0 Å². The minimum atomic E-state index is -4.81. The van der Waals surface area contributed by atoms with Crippen molar-refractivity contribution in [3.8, 4) is 0 Å². The summed E-state index contributed by atoms with van der Waals surface area (Å²) in [5.41, 5.74) is -2.65. The maximum absolute atomic E-state index is 12.7. The molecule has 32 heavy (non-hydrogen) atoms. The molecule has 0 aliphatic rings. The molecule has 0 fully saturated rings. The number of nitrogens with one attached hydrogen (secondary N) is 2. The number of nitro groups is 1. The number of alkyl halides is 3. The van der Waals surface area contributed by atoms with Gasteiger partial charge in [-0.25, -0.2) is 4.79 Å². The number of esters is 1. The number of ether oxygens (including phenoxy) is 1. The third kappa shape index (κ3) is 6.41. The fourth-order valence-electron chi connectivity index (χ4n) is 2.39. The highest BCUT2D eigenvalue weighted by molar-refractivity contribution is 6.33. The molecule has 0 saturated carbocycles. The lowest BCUT2D eigenvalue weighted by Gasteiger charge is -2.14. The van der Waals surface area contributed by atoms with Crippen molar-refractivity contribution < 1.29 is 37.2 Å². The first kappa shape index (κ1) is 24.6. The molecule has 0 radical (unpaired) electrons. The lowest BCUT2D eigenvalue weighted by atomic mass is 10.1. The molecule has 0 aromatic heterocycles. The minimum Gasteiger partial charge on any atom is -0.454 e. The Balaban J connectivity index is 1.96. The summed E-state index contributed by atoms with van der Waals surface area (Å²) in [6, 6.07) is 6.45. The van der Waals surface area contributed by atoms with Crippen LogP contribution in [0, 0.1) is 10.1 Å². The molecule has 1 atom stereocenters. The van der Waals surface area contributed by atoms with Crippen molar-refractivity contribution in [2.45, 2.75) is 19.1 Å². The second-order valence-corrected chi connectivity index (χ2v) is 6.72. The highest BCUT2D eigenvalue weighted by Crippen LogP contribution is 2.34. The number of halogens is 4. The Morgan fingerprint density at radius 3 is 2.44 bits per heavy atom. The number of hydrogen-bond donors (Lipinski definition) is 2. The van der Waals surface area contributed by atoms with E-state index in [1.807, 2.05) is 5.32 Å². The number of nitro benzene ring substituents is 1. The molecule has 0 aliphatic carbocycles. The number of hydrogen-bond acceptors (Lipinski definition) is 6. The van der Waals surface area contributed by atoms with Gasteiger partial charge >= 0.3 is 12.1 Å². The molecule has 2 aromatic rings. The normalized spacial score (nSPS) is 11.9. The fraction of sp³-hybridized carbons (Fsp3) is 0.211. The largest absolute Gasteiger partial charge is 0.454 e. The van der Waals surface area contributed by atoms with Crippen molar-refractivity contribution in [3.63, 3.8) is 0 Å². The van der Waals surface area contributed by atoms with Crippen LogP contribution >= 0.6 is 11.6 Å². The Morgan fingerprint density at radius 1 is 1.19 bits per heavy atom. The molecule has 0 heterocycles. The highest BCUT2D eigenvalue weighted by Gasteiger charge is 2.33. The summed E-state index contributed by atoms with van der Waals surface area (Å²) in [7, 11) is 0. The average Bonchev–Trinajstić information content (AvgIpc) is 2.71. The number of carbonyl (C=O) groups is 3. The molecule has 0 unspecified atom stereocenters. The number of rotatable bonds is 7. The number of benzene rings is 2. The van der Waals surface area contributed by atoms with Gasteiger partial charge in [0.15, 0.2) is 6.61 Å². The quantitative estimate of drug-likeness (QED) is 0.359. The summed E-state index contributed by atoms with van der Waals surface area (Å²) in [6.07, 6.45) is -4.81. The monoisotopic (exact) mass is 473 g/mol. The third-order valence-electron chi connectivity index (χ3n) is 3.96. The molecule has 0 bridgehead atoms. The van der Waals surface area contributed by atoms with Gasteiger partial charge in [0, 0.05) is 6.07 Å². The van der Waals surface area contributed by atoms with Crippen molar-refractivity contribution in [1.82, 2.24) is 5.32 Å². The molecule has 13 heteroatoms. The van der Waals surface area contributed by atoms with E-state index in [2.05, 4.69) is 5.32 Å². The summed E-state index contributed by atoms with van der Waals surface area (Å²) < 4.78 is 42.9. The number of anilines is 1. The zero-order valence-corrected chi connectivity index (χ0v) is 17.0. The molecular weight excluding hydrogens is 459 g/mol. The van der Waals surface area contributed by atoms with E-state index >= 15 is 0 Å². The van der Waals surface area contributed by atoms with E-state index in [1.165, 1.54) is 19.1 Å². The van der Waals surface area contributed by atoms with Gasteiger partial charge in [0.05, 0.1) is 21.1 Å². The first-order valence-electron chi connectivity index (χ1n) is 8.77. The lowest BCUT2D eigenvalue weighted by molar-refractivity contribution is -0.384. The molecule has 0 saturated heterocycles. The first-order valence-corrected chi connectivity index (χ1v) is 9.15. The van der Waals surface area contributed by atoms with Gasteiger partial charge in [0.25, 0.3) is 17.5 Å². The van der Waals surface area contributed by atoms with E-state index in [0.29, 0.717) is 12.1 Å². The van der Waals surface area contributed by atoms with Crippen molar-refractivity contribution in [3.05, 3.63) is 68.7 Å². The summed E-state index contributed by atoms with van der Waals surface area (Å²) in [4.78, 5) is 46.0. The highest BCUT2D eigenvalue weighted by atomic mass is 35.5. The van der Waals surface area contributed by atoms with Crippen LogP contribution in [0.25, 0.3) is 0 Å². The van der Waals surface area contributed by atoms with E-state index in [1.54, 1.807) is 12.1 Å². The van der Waals surface area contributed by atoms with Crippen LogP contribution in [0.3, 0.4) is 0 Å². The van der Waals surface area contributed by atoms with Crippen LogP contribution in [0.2, 0.25) is 5.02 Å². The van der Waals surface area contributed by atoms with Gasteiger partial charge in [0.2, 0.25) is 0 Å². The zero-order valence-electron chi connectivity index (χ0n) is 16.2. The number of amides is 2. The first-order chi connectivity index (χ1) is 14.9. The van der Waals surface area contributed by atoms with Crippen LogP contribution in [-0.2, 0) is 20.5 Å². The van der Waals surface area contributed by atoms with Crippen molar-refractivity contribution >= 4 is 40.8 Å². The predicted molar refractivity (Wildman–Crippen MR) is 106 cm³/mol. The molecular formula is C19H15ClF3N3O6. The molecule has 0 spiro atoms. The Morgan fingerprint density at radius 2 is 1.84 bits per heavy atom. The Hall–Kier alpha value is -3.67. The molecule has 2 amide bonds. The van der Waals surface area contributed by atoms with E-state index in [-0.39, 0.29) is 16.7 Å². The van der Waals surface area contributed by atoms with Gasteiger partial charge < -0.3 is 15.4 Å². The topological polar surface area (TPSA) is 128 Å². The van der Waals surface area contributed by atoms with Gasteiger partial charge in [-0.05, 0) is 31.2 Å². The second kappa shape index (κ2) is 10.1. The maximum atomic E-state index is 12.7. The molecule has 2 rings (SSSR count). The summed E-state index contributed by atoms with van der Waals surface area (Å²) in [5, 5.41) is 15.5. The summed E-state index contributed by atoms with van der Waals surface area (Å²) in [5.74, 6) is -2.70.